The molecule has 1 aliphatic rings. The summed E-state index contributed by atoms with van der Waals surface area (Å²) in [4.78, 5) is 13.8. The van der Waals surface area contributed by atoms with E-state index >= 15 is 0 Å². The first-order valence-corrected chi connectivity index (χ1v) is 6.61. The molecule has 0 bridgehead atoms. The summed E-state index contributed by atoms with van der Waals surface area (Å²) in [6, 6.07) is 4.00. The lowest BCUT2D eigenvalue weighted by Crippen LogP contribution is -2.28. The molecule has 1 fully saturated rings. The average molecular weight is 300 g/mol. The normalized spacial score (nSPS) is 19.6. The SMILES string of the molecule is O=C(c1cc(O)ccc1O)N1CCC(CBr)C1. The Balaban J connectivity index is 2.17. The van der Waals surface area contributed by atoms with Gasteiger partial charge in [-0.05, 0) is 30.5 Å². The number of phenolic OH excluding ortho intramolecular Hbond substituents is 2. The number of benzene rings is 1. The van der Waals surface area contributed by atoms with E-state index in [-0.39, 0.29) is 23.0 Å². The lowest BCUT2D eigenvalue weighted by atomic mass is 10.1. The standard InChI is InChI=1S/C12H14BrNO3/c13-6-8-3-4-14(7-8)12(17)10-5-9(15)1-2-11(10)16/h1-2,5,8,15-16H,3-4,6-7H2. The summed E-state index contributed by atoms with van der Waals surface area (Å²) in [6.07, 6.45) is 0.969. The number of nitrogens with zero attached hydrogens (tertiary/aromatic N) is 1. The number of rotatable bonds is 2. The molecule has 0 radical (unpaired) electrons. The molecule has 1 aromatic rings. The van der Waals surface area contributed by atoms with Crippen molar-refractivity contribution in [3.05, 3.63) is 23.8 Å². The Morgan fingerprint density at radius 2 is 2.24 bits per heavy atom. The number of alkyl halides is 1. The first-order valence-electron chi connectivity index (χ1n) is 5.49. The van der Waals surface area contributed by atoms with Crippen LogP contribution in [0.4, 0.5) is 0 Å². The summed E-state index contributed by atoms with van der Waals surface area (Å²) >= 11 is 3.41. The minimum atomic E-state index is -0.221. The summed E-state index contributed by atoms with van der Waals surface area (Å²) in [5.41, 5.74) is 0.167. The van der Waals surface area contributed by atoms with Crippen LogP contribution in [0.1, 0.15) is 16.8 Å². The number of halogens is 1. The highest BCUT2D eigenvalue weighted by Crippen LogP contribution is 2.26. The monoisotopic (exact) mass is 299 g/mol. The second-order valence-electron chi connectivity index (χ2n) is 4.26. The predicted molar refractivity (Wildman–Crippen MR) is 67.6 cm³/mol. The van der Waals surface area contributed by atoms with Crippen LogP contribution in [0.2, 0.25) is 0 Å². The summed E-state index contributed by atoms with van der Waals surface area (Å²) in [5, 5.41) is 19.8. The van der Waals surface area contributed by atoms with E-state index in [0.717, 1.165) is 11.8 Å². The fourth-order valence-corrected chi connectivity index (χ4v) is 2.54. The number of carbonyl (C=O) groups excluding carboxylic acids is 1. The van der Waals surface area contributed by atoms with Crippen LogP contribution in [0, 0.1) is 5.92 Å². The van der Waals surface area contributed by atoms with E-state index in [9.17, 15) is 15.0 Å². The van der Waals surface area contributed by atoms with Crippen molar-refractivity contribution in [2.24, 2.45) is 5.92 Å². The summed E-state index contributed by atoms with van der Waals surface area (Å²) < 4.78 is 0. The number of amides is 1. The molecule has 5 heteroatoms. The first-order chi connectivity index (χ1) is 8.11. The van der Waals surface area contributed by atoms with E-state index in [0.29, 0.717) is 19.0 Å². The lowest BCUT2D eigenvalue weighted by molar-refractivity contribution is 0.0785. The van der Waals surface area contributed by atoms with E-state index in [1.807, 2.05) is 0 Å². The highest BCUT2D eigenvalue weighted by molar-refractivity contribution is 9.09. The van der Waals surface area contributed by atoms with Crippen LogP contribution < -0.4 is 0 Å². The van der Waals surface area contributed by atoms with E-state index in [2.05, 4.69) is 15.9 Å². The average Bonchev–Trinajstić information content (AvgIpc) is 2.80. The van der Waals surface area contributed by atoms with Crippen LogP contribution in [0.3, 0.4) is 0 Å². The van der Waals surface area contributed by atoms with Crippen molar-refractivity contribution in [2.75, 3.05) is 18.4 Å². The molecule has 0 aliphatic carbocycles. The van der Waals surface area contributed by atoms with Crippen LogP contribution in [0.5, 0.6) is 11.5 Å². The predicted octanol–water partition coefficient (Wildman–Crippen LogP) is 1.95. The second kappa shape index (κ2) is 4.96. The summed E-state index contributed by atoms with van der Waals surface area (Å²) in [5.74, 6) is 0.151. The van der Waals surface area contributed by atoms with Crippen molar-refractivity contribution in [3.63, 3.8) is 0 Å². The van der Waals surface area contributed by atoms with Crippen molar-refractivity contribution in [3.8, 4) is 11.5 Å². The van der Waals surface area contributed by atoms with Gasteiger partial charge in [0.1, 0.15) is 11.5 Å². The molecular weight excluding hydrogens is 286 g/mol. The third-order valence-corrected chi connectivity index (χ3v) is 3.92. The maximum atomic E-state index is 12.1. The fourth-order valence-electron chi connectivity index (χ4n) is 2.01. The van der Waals surface area contributed by atoms with Gasteiger partial charge in [-0.15, -0.1) is 0 Å². The van der Waals surface area contributed by atoms with Gasteiger partial charge in [0.2, 0.25) is 0 Å². The summed E-state index contributed by atoms with van der Waals surface area (Å²) in [7, 11) is 0. The molecular formula is C12H14BrNO3. The Bertz CT molecular complexity index is 436. The quantitative estimate of drug-likeness (QED) is 0.648. The van der Waals surface area contributed by atoms with Gasteiger partial charge in [-0.3, -0.25) is 4.79 Å². The number of phenols is 2. The van der Waals surface area contributed by atoms with Crippen LogP contribution in [0.25, 0.3) is 0 Å². The van der Waals surface area contributed by atoms with Gasteiger partial charge in [0.05, 0.1) is 5.56 Å². The Labute approximate surface area is 108 Å². The second-order valence-corrected chi connectivity index (χ2v) is 4.91. The molecule has 92 valence electrons. The zero-order valence-electron chi connectivity index (χ0n) is 9.27. The third-order valence-electron chi connectivity index (χ3n) is 3.00. The van der Waals surface area contributed by atoms with Crippen molar-refractivity contribution in [1.82, 2.24) is 4.90 Å². The Morgan fingerprint density at radius 1 is 1.47 bits per heavy atom. The Morgan fingerprint density at radius 3 is 2.88 bits per heavy atom. The molecule has 1 atom stereocenters. The fraction of sp³-hybridized carbons (Fsp3) is 0.417. The largest absolute Gasteiger partial charge is 0.508 e. The highest BCUT2D eigenvalue weighted by atomic mass is 79.9. The number of hydrogen-bond donors (Lipinski definition) is 2. The molecule has 17 heavy (non-hydrogen) atoms. The van der Waals surface area contributed by atoms with Crippen LogP contribution in [0.15, 0.2) is 18.2 Å². The molecule has 2 rings (SSSR count). The number of likely N-dealkylation sites (tertiary alicyclic amines) is 1. The number of carbonyl (C=O) groups is 1. The van der Waals surface area contributed by atoms with E-state index in [1.165, 1.54) is 18.2 Å². The van der Waals surface area contributed by atoms with Gasteiger partial charge < -0.3 is 15.1 Å². The topological polar surface area (TPSA) is 60.8 Å². The zero-order valence-corrected chi connectivity index (χ0v) is 10.9. The molecule has 1 amide bonds. The van der Waals surface area contributed by atoms with Crippen LogP contribution in [-0.2, 0) is 0 Å². The Hall–Kier alpha value is -1.23. The van der Waals surface area contributed by atoms with E-state index < -0.39 is 0 Å². The smallest absolute Gasteiger partial charge is 0.257 e. The first kappa shape index (κ1) is 12.2. The zero-order chi connectivity index (χ0) is 12.4. The minimum absolute atomic E-state index is 0.0117. The molecule has 1 aliphatic heterocycles. The summed E-state index contributed by atoms with van der Waals surface area (Å²) in [6.45, 7) is 1.39. The van der Waals surface area contributed by atoms with Gasteiger partial charge >= 0.3 is 0 Å². The molecule has 1 saturated heterocycles. The third kappa shape index (κ3) is 2.54. The van der Waals surface area contributed by atoms with Crippen molar-refractivity contribution < 1.29 is 15.0 Å². The molecule has 0 spiro atoms. The molecule has 4 nitrogen and oxygen atoms in total. The van der Waals surface area contributed by atoms with Gasteiger partial charge in [0.25, 0.3) is 5.91 Å². The number of aromatic hydroxyl groups is 2. The van der Waals surface area contributed by atoms with Gasteiger partial charge in [-0.25, -0.2) is 0 Å². The van der Waals surface area contributed by atoms with E-state index in [1.54, 1.807) is 4.90 Å². The number of hydrogen-bond acceptors (Lipinski definition) is 3. The van der Waals surface area contributed by atoms with Gasteiger partial charge in [-0.2, -0.15) is 0 Å². The lowest BCUT2D eigenvalue weighted by Gasteiger charge is -2.16. The molecule has 1 heterocycles. The van der Waals surface area contributed by atoms with Gasteiger partial charge in [0.15, 0.2) is 0 Å². The maximum absolute atomic E-state index is 12.1. The molecule has 2 N–H and O–H groups in total. The van der Waals surface area contributed by atoms with Crippen LogP contribution >= 0.6 is 15.9 Å². The minimum Gasteiger partial charge on any atom is -0.508 e. The molecule has 1 aromatic carbocycles. The Kier molecular flexibility index (Phi) is 3.57. The van der Waals surface area contributed by atoms with Gasteiger partial charge in [0, 0.05) is 18.4 Å². The highest BCUT2D eigenvalue weighted by Gasteiger charge is 2.27. The molecule has 0 saturated carbocycles. The molecule has 0 aromatic heterocycles. The van der Waals surface area contributed by atoms with E-state index in [4.69, 9.17) is 0 Å². The van der Waals surface area contributed by atoms with Gasteiger partial charge in [-0.1, -0.05) is 15.9 Å². The van der Waals surface area contributed by atoms with Crippen molar-refractivity contribution in [2.45, 2.75) is 6.42 Å². The van der Waals surface area contributed by atoms with Crippen molar-refractivity contribution in [1.29, 1.82) is 0 Å². The van der Waals surface area contributed by atoms with Crippen LogP contribution in [-0.4, -0.2) is 39.4 Å². The van der Waals surface area contributed by atoms with Crippen molar-refractivity contribution >= 4 is 21.8 Å². The molecule has 1 unspecified atom stereocenters. The maximum Gasteiger partial charge on any atom is 0.257 e.